The van der Waals surface area contributed by atoms with Crippen molar-refractivity contribution in [1.29, 1.82) is 0 Å². The van der Waals surface area contributed by atoms with Crippen molar-refractivity contribution < 1.29 is 9.26 Å². The van der Waals surface area contributed by atoms with E-state index in [-0.39, 0.29) is 0 Å². The van der Waals surface area contributed by atoms with Gasteiger partial charge in [-0.15, -0.1) is 0 Å². The highest BCUT2D eigenvalue weighted by molar-refractivity contribution is 5.67. The summed E-state index contributed by atoms with van der Waals surface area (Å²) >= 11 is 0. The van der Waals surface area contributed by atoms with Crippen LogP contribution in [0.15, 0.2) is 22.7 Å². The maximum atomic E-state index is 5.75. The van der Waals surface area contributed by atoms with Gasteiger partial charge < -0.3 is 20.7 Å². The largest absolute Gasteiger partial charge is 0.399 e. The van der Waals surface area contributed by atoms with Gasteiger partial charge in [0.1, 0.15) is 5.60 Å². The number of ether oxygens (including phenoxy) is 1. The van der Waals surface area contributed by atoms with Crippen LogP contribution in [0, 0.1) is 0 Å². The zero-order valence-corrected chi connectivity index (χ0v) is 11.3. The monoisotopic (exact) mass is 262 g/mol. The fraction of sp³-hybridized carbons (Fsp3) is 0.385. The van der Waals surface area contributed by atoms with Crippen LogP contribution in [-0.4, -0.2) is 17.3 Å². The smallest absolute Gasteiger partial charge is 0.258 e. The van der Waals surface area contributed by atoms with Crippen LogP contribution in [-0.2, 0) is 10.3 Å². The number of nitrogens with two attached hydrogens (primary N) is 2. The van der Waals surface area contributed by atoms with Gasteiger partial charge in [0.25, 0.3) is 5.89 Å². The van der Waals surface area contributed by atoms with Crippen LogP contribution in [0.3, 0.4) is 0 Å². The fourth-order valence-electron chi connectivity index (χ4n) is 1.75. The van der Waals surface area contributed by atoms with Gasteiger partial charge in [0.05, 0.1) is 0 Å². The Kier molecular flexibility index (Phi) is 3.44. The van der Waals surface area contributed by atoms with E-state index < -0.39 is 5.60 Å². The molecule has 0 radical (unpaired) electrons. The molecular formula is C13H18N4O2. The molecule has 2 rings (SSSR count). The predicted octanol–water partition coefficient (Wildman–Crippen LogP) is 2.17. The molecular weight excluding hydrogens is 244 g/mol. The first-order chi connectivity index (χ1) is 8.98. The fourth-order valence-corrected chi connectivity index (χ4v) is 1.75. The van der Waals surface area contributed by atoms with Crippen LogP contribution in [0.4, 0.5) is 11.4 Å². The summed E-state index contributed by atoms with van der Waals surface area (Å²) in [7, 11) is 1.62. The number of anilines is 2. The van der Waals surface area contributed by atoms with Gasteiger partial charge in [-0.05, 0) is 31.5 Å². The Balaban J connectivity index is 2.40. The number of aromatic nitrogens is 2. The molecule has 0 spiro atoms. The molecule has 6 heteroatoms. The van der Waals surface area contributed by atoms with Gasteiger partial charge in [0, 0.05) is 24.0 Å². The zero-order chi connectivity index (χ0) is 14.0. The molecule has 1 heterocycles. The molecule has 0 fully saturated rings. The molecule has 1 unspecified atom stereocenters. The third-order valence-electron chi connectivity index (χ3n) is 3.25. The first-order valence-corrected chi connectivity index (χ1v) is 6.04. The van der Waals surface area contributed by atoms with E-state index in [4.69, 9.17) is 20.7 Å². The molecule has 1 atom stereocenters. The SMILES string of the molecule is CCC(C)(OC)c1noc(-c2cc(N)cc(N)c2)n1. The van der Waals surface area contributed by atoms with Crippen LogP contribution < -0.4 is 11.5 Å². The van der Waals surface area contributed by atoms with Crippen molar-refractivity contribution in [1.82, 2.24) is 10.1 Å². The summed E-state index contributed by atoms with van der Waals surface area (Å²) in [5.74, 6) is 0.888. The summed E-state index contributed by atoms with van der Waals surface area (Å²) < 4.78 is 10.7. The molecule has 1 aromatic heterocycles. The van der Waals surface area contributed by atoms with E-state index >= 15 is 0 Å². The lowest BCUT2D eigenvalue weighted by Crippen LogP contribution is -2.24. The van der Waals surface area contributed by atoms with Gasteiger partial charge in [0.2, 0.25) is 5.82 Å². The van der Waals surface area contributed by atoms with Crippen molar-refractivity contribution >= 4 is 11.4 Å². The summed E-state index contributed by atoms with van der Waals surface area (Å²) in [4.78, 5) is 4.36. The maximum absolute atomic E-state index is 5.75. The number of methoxy groups -OCH3 is 1. The summed E-state index contributed by atoms with van der Waals surface area (Å²) in [5, 5.41) is 3.97. The predicted molar refractivity (Wildman–Crippen MR) is 73.2 cm³/mol. The second-order valence-electron chi connectivity index (χ2n) is 4.60. The quantitative estimate of drug-likeness (QED) is 0.819. The number of hydrogen-bond acceptors (Lipinski definition) is 6. The zero-order valence-electron chi connectivity index (χ0n) is 11.3. The van der Waals surface area contributed by atoms with Gasteiger partial charge in [-0.25, -0.2) is 0 Å². The van der Waals surface area contributed by atoms with Gasteiger partial charge >= 0.3 is 0 Å². The van der Waals surface area contributed by atoms with E-state index in [0.717, 1.165) is 6.42 Å². The molecule has 1 aromatic carbocycles. The summed E-state index contributed by atoms with van der Waals surface area (Å²) in [5.41, 5.74) is 12.7. The highest BCUT2D eigenvalue weighted by atomic mass is 16.5. The molecule has 0 aliphatic carbocycles. The van der Waals surface area contributed by atoms with Crippen LogP contribution >= 0.6 is 0 Å². The Morgan fingerprint density at radius 2 is 1.89 bits per heavy atom. The minimum absolute atomic E-state index is 0.380. The van der Waals surface area contributed by atoms with Crippen molar-refractivity contribution in [3.8, 4) is 11.5 Å². The molecule has 0 bridgehead atoms. The molecule has 4 N–H and O–H groups in total. The standard InChI is InChI=1S/C13H18N4O2/c1-4-13(2,18-3)12-16-11(19-17-12)8-5-9(14)7-10(15)6-8/h5-7H,4,14-15H2,1-3H3. The van der Waals surface area contributed by atoms with Gasteiger partial charge in [-0.1, -0.05) is 12.1 Å². The lowest BCUT2D eigenvalue weighted by atomic mass is 10.0. The lowest BCUT2D eigenvalue weighted by molar-refractivity contribution is -0.0106. The summed E-state index contributed by atoms with van der Waals surface area (Å²) in [6.45, 7) is 3.91. The second-order valence-corrected chi connectivity index (χ2v) is 4.60. The van der Waals surface area contributed by atoms with E-state index in [9.17, 15) is 0 Å². The Bertz CT molecular complexity index is 556. The summed E-state index contributed by atoms with van der Waals surface area (Å²) in [6, 6.07) is 5.15. The molecule has 102 valence electrons. The Morgan fingerprint density at radius 3 is 2.42 bits per heavy atom. The van der Waals surface area contributed by atoms with E-state index in [1.807, 2.05) is 13.8 Å². The molecule has 0 saturated heterocycles. The van der Waals surface area contributed by atoms with Crippen LogP contribution in [0.5, 0.6) is 0 Å². The first kappa shape index (κ1) is 13.4. The van der Waals surface area contributed by atoms with Crippen molar-refractivity contribution in [3.05, 3.63) is 24.0 Å². The van der Waals surface area contributed by atoms with Gasteiger partial charge in [-0.3, -0.25) is 0 Å². The van der Waals surface area contributed by atoms with E-state index in [2.05, 4.69) is 10.1 Å². The Hall–Kier alpha value is -2.08. The van der Waals surface area contributed by atoms with Crippen molar-refractivity contribution in [3.63, 3.8) is 0 Å². The Morgan fingerprint density at radius 1 is 1.26 bits per heavy atom. The number of rotatable bonds is 4. The minimum Gasteiger partial charge on any atom is -0.399 e. The lowest BCUT2D eigenvalue weighted by Gasteiger charge is -2.21. The van der Waals surface area contributed by atoms with Gasteiger partial charge in [-0.2, -0.15) is 4.98 Å². The van der Waals surface area contributed by atoms with E-state index in [0.29, 0.717) is 28.7 Å². The second kappa shape index (κ2) is 4.89. The molecule has 0 saturated carbocycles. The first-order valence-electron chi connectivity index (χ1n) is 6.04. The van der Waals surface area contributed by atoms with Crippen LogP contribution in [0.1, 0.15) is 26.1 Å². The maximum Gasteiger partial charge on any atom is 0.258 e. The summed E-state index contributed by atoms with van der Waals surface area (Å²) in [6.07, 6.45) is 0.738. The topological polar surface area (TPSA) is 100 Å². The third-order valence-corrected chi connectivity index (χ3v) is 3.25. The average Bonchev–Trinajstić information content (AvgIpc) is 2.87. The highest BCUT2D eigenvalue weighted by Crippen LogP contribution is 2.29. The van der Waals surface area contributed by atoms with Crippen molar-refractivity contribution in [2.45, 2.75) is 25.9 Å². The Labute approximate surface area is 111 Å². The number of hydrogen-bond donors (Lipinski definition) is 2. The molecule has 2 aromatic rings. The number of benzene rings is 1. The molecule has 0 amide bonds. The van der Waals surface area contributed by atoms with Crippen molar-refractivity contribution in [2.75, 3.05) is 18.6 Å². The normalized spacial score (nSPS) is 14.3. The number of nitrogens with zero attached hydrogens (tertiary/aromatic N) is 2. The number of nitrogen functional groups attached to an aromatic ring is 2. The van der Waals surface area contributed by atoms with E-state index in [1.54, 1.807) is 25.3 Å². The molecule has 6 nitrogen and oxygen atoms in total. The molecule has 19 heavy (non-hydrogen) atoms. The van der Waals surface area contributed by atoms with E-state index in [1.165, 1.54) is 0 Å². The minimum atomic E-state index is -0.562. The molecule has 0 aliphatic rings. The van der Waals surface area contributed by atoms with Crippen molar-refractivity contribution in [2.24, 2.45) is 0 Å². The van der Waals surface area contributed by atoms with Gasteiger partial charge in [0.15, 0.2) is 0 Å². The highest BCUT2D eigenvalue weighted by Gasteiger charge is 2.30. The molecule has 0 aliphatic heterocycles. The third kappa shape index (κ3) is 2.53. The van der Waals surface area contributed by atoms with Crippen LogP contribution in [0.2, 0.25) is 0 Å². The average molecular weight is 262 g/mol. The van der Waals surface area contributed by atoms with Crippen LogP contribution in [0.25, 0.3) is 11.5 Å².